The van der Waals surface area contributed by atoms with Crippen LogP contribution in [-0.2, 0) is 18.8 Å². The van der Waals surface area contributed by atoms with Crippen molar-refractivity contribution in [3.8, 4) is 0 Å². The van der Waals surface area contributed by atoms with Crippen LogP contribution in [0.4, 0.5) is 0 Å². The van der Waals surface area contributed by atoms with Crippen LogP contribution in [0.15, 0.2) is 12.2 Å². The molecule has 0 aliphatic carbocycles. The van der Waals surface area contributed by atoms with Crippen molar-refractivity contribution in [2.24, 2.45) is 0 Å². The van der Waals surface area contributed by atoms with Crippen LogP contribution in [0.5, 0.6) is 0 Å². The average Bonchev–Trinajstić information content (AvgIpc) is 2.47. The minimum absolute atomic E-state index is 0.121. The van der Waals surface area contributed by atoms with Gasteiger partial charge in [0.25, 0.3) is 0 Å². The van der Waals surface area contributed by atoms with Crippen LogP contribution in [0, 0.1) is 6.92 Å². The number of unbranched alkanes of at least 4 members (excludes halogenated alkanes) is 8. The summed E-state index contributed by atoms with van der Waals surface area (Å²) in [5, 5.41) is 9.76. The Labute approximate surface area is 137 Å². The molecule has 0 aromatic heterocycles. The molecule has 0 heterocycles. The third-order valence-electron chi connectivity index (χ3n) is 3.34. The van der Waals surface area contributed by atoms with Crippen molar-refractivity contribution in [1.82, 2.24) is 0 Å². The third kappa shape index (κ3) is 25.3. The molecule has 4 heteroatoms. The van der Waals surface area contributed by atoms with Crippen LogP contribution in [-0.4, -0.2) is 15.4 Å². The number of allylic oxidation sites excluding steroid dienone is 1. The summed E-state index contributed by atoms with van der Waals surface area (Å²) in [4.78, 5) is 0. The number of aliphatic hydroxyl groups is 1. The first kappa shape index (κ1) is 23.2. The molecule has 1 atom stereocenters. The van der Waals surface area contributed by atoms with Crippen molar-refractivity contribution in [3.05, 3.63) is 19.1 Å². The standard InChI is InChI=1S/C17H33O.Co.H2O.O/c1-3-5-7-9-10-11-12-14-16-17(18)15-13-8-6-4-2;;;/h12,14,17-18H,1,3-11,13,15-16H2,2H3;;1H2;/q-1;+1;;/p-1/b14-12-;;;. The van der Waals surface area contributed by atoms with E-state index in [1.807, 2.05) is 0 Å². The van der Waals surface area contributed by atoms with Gasteiger partial charge < -0.3 is 12.0 Å². The quantitative estimate of drug-likeness (QED) is 0.287. The fourth-order valence-corrected chi connectivity index (χ4v) is 2.09. The van der Waals surface area contributed by atoms with Crippen molar-refractivity contribution in [3.63, 3.8) is 0 Å². The van der Waals surface area contributed by atoms with E-state index < -0.39 is 15.0 Å². The molecule has 0 spiro atoms. The van der Waals surface area contributed by atoms with Gasteiger partial charge in [-0.2, -0.15) is 6.42 Å². The summed E-state index contributed by atoms with van der Waals surface area (Å²) in [5.41, 5.74) is 0. The molecule has 3 nitrogen and oxygen atoms in total. The zero-order chi connectivity index (χ0) is 16.2. The van der Waals surface area contributed by atoms with E-state index in [1.165, 1.54) is 57.8 Å². The number of hydrogen-bond donors (Lipinski definition) is 2. The van der Waals surface area contributed by atoms with Gasteiger partial charge in [-0.1, -0.05) is 64.0 Å². The second kappa shape index (κ2) is 22.3. The molecule has 2 N–H and O–H groups in total. The second-order valence-electron chi connectivity index (χ2n) is 5.33. The average molecular weight is 345 g/mol. The molecule has 0 aromatic carbocycles. The molecule has 130 valence electrons. The SMILES string of the molecule is [CH2-]CCCCCC/C=C\CC(O)CCCCCC.[O]=[Co][OH]. The van der Waals surface area contributed by atoms with Crippen LogP contribution in [0.2, 0.25) is 0 Å². The van der Waals surface area contributed by atoms with E-state index in [0.717, 1.165) is 19.3 Å². The van der Waals surface area contributed by atoms with E-state index in [9.17, 15) is 5.11 Å². The molecular weight excluding hydrogens is 311 g/mol. The molecule has 0 fully saturated rings. The normalized spacial score (nSPS) is 12.4. The van der Waals surface area contributed by atoms with Crippen LogP contribution < -0.4 is 0 Å². The molecule has 0 rings (SSSR count). The Kier molecular flexibility index (Phi) is 24.6. The predicted octanol–water partition coefficient (Wildman–Crippen LogP) is 4.76. The van der Waals surface area contributed by atoms with E-state index in [4.69, 9.17) is 8.08 Å². The summed E-state index contributed by atoms with van der Waals surface area (Å²) in [6.45, 7) is 6.06. The van der Waals surface area contributed by atoms with Gasteiger partial charge in [-0.05, 0) is 25.7 Å². The Hall–Kier alpha value is -0.0335. The molecule has 0 aliphatic rings. The van der Waals surface area contributed by atoms with Crippen LogP contribution >= 0.6 is 0 Å². The molecule has 0 saturated carbocycles. The summed E-state index contributed by atoms with van der Waals surface area (Å²) < 4.78 is 15.4. The zero-order valence-corrected chi connectivity index (χ0v) is 14.6. The fourth-order valence-electron chi connectivity index (χ4n) is 2.09. The molecule has 21 heavy (non-hydrogen) atoms. The maximum atomic E-state index is 9.76. The van der Waals surface area contributed by atoms with Crippen LogP contribution in [0.25, 0.3) is 0 Å². The van der Waals surface area contributed by atoms with Crippen molar-refractivity contribution >= 4 is 0 Å². The van der Waals surface area contributed by atoms with Gasteiger partial charge in [-0.3, -0.25) is 0 Å². The molecule has 0 saturated heterocycles. The summed E-state index contributed by atoms with van der Waals surface area (Å²) in [5.74, 6) is 0. The number of rotatable bonds is 13. The molecule has 0 aliphatic heterocycles. The van der Waals surface area contributed by atoms with Crippen LogP contribution in [0.1, 0.15) is 84.0 Å². The molecule has 0 radical (unpaired) electrons. The van der Waals surface area contributed by atoms with Crippen LogP contribution in [0.3, 0.4) is 0 Å². The first-order valence-electron chi connectivity index (χ1n) is 8.22. The summed E-state index contributed by atoms with van der Waals surface area (Å²) >= 11 is -0.812. The number of hydrogen-bond acceptors (Lipinski definition) is 2. The van der Waals surface area contributed by atoms with Crippen molar-refractivity contribution < 1.29 is 28.1 Å². The fraction of sp³-hybridized carbons (Fsp3) is 0.824. The Bertz CT molecular complexity index is 220. The van der Waals surface area contributed by atoms with Gasteiger partial charge in [0.1, 0.15) is 0 Å². The molecule has 0 bridgehead atoms. The molecule has 0 aromatic rings. The maximum absolute atomic E-state index is 9.76. The van der Waals surface area contributed by atoms with Gasteiger partial charge in [0.05, 0.1) is 6.10 Å². The summed E-state index contributed by atoms with van der Waals surface area (Å²) in [6, 6.07) is 0. The van der Waals surface area contributed by atoms with Gasteiger partial charge in [0, 0.05) is 0 Å². The van der Waals surface area contributed by atoms with Crippen molar-refractivity contribution in [2.45, 2.75) is 90.1 Å². The van der Waals surface area contributed by atoms with Gasteiger partial charge >= 0.3 is 23.0 Å². The topological polar surface area (TPSA) is 57.5 Å². The van der Waals surface area contributed by atoms with E-state index >= 15 is 0 Å². The van der Waals surface area contributed by atoms with E-state index in [2.05, 4.69) is 26.0 Å². The Balaban J connectivity index is 0. The minimum atomic E-state index is -0.812. The van der Waals surface area contributed by atoms with E-state index in [0.29, 0.717) is 0 Å². The summed E-state index contributed by atoms with van der Waals surface area (Å²) in [7, 11) is 0. The second-order valence-corrected chi connectivity index (χ2v) is 5.52. The number of aliphatic hydroxyl groups excluding tert-OH is 1. The Morgan fingerprint density at radius 1 is 1.05 bits per heavy atom. The van der Waals surface area contributed by atoms with Crippen molar-refractivity contribution in [1.29, 1.82) is 0 Å². The van der Waals surface area contributed by atoms with Crippen molar-refractivity contribution in [2.75, 3.05) is 0 Å². The summed E-state index contributed by atoms with van der Waals surface area (Å²) in [6.07, 6.45) is 18.5. The van der Waals surface area contributed by atoms with E-state index in [1.54, 1.807) is 0 Å². The van der Waals surface area contributed by atoms with Gasteiger partial charge in [0.15, 0.2) is 0 Å². The molecular formula is C17H34CoO3-. The van der Waals surface area contributed by atoms with Gasteiger partial charge in [-0.25, -0.2) is 0 Å². The Morgan fingerprint density at radius 2 is 1.67 bits per heavy atom. The monoisotopic (exact) mass is 345 g/mol. The zero-order valence-electron chi connectivity index (χ0n) is 13.6. The molecule has 1 unspecified atom stereocenters. The van der Waals surface area contributed by atoms with Gasteiger partial charge in [-0.15, -0.1) is 0 Å². The Morgan fingerprint density at radius 3 is 2.29 bits per heavy atom. The van der Waals surface area contributed by atoms with Gasteiger partial charge in [0.2, 0.25) is 0 Å². The first-order valence-corrected chi connectivity index (χ1v) is 9.11. The van der Waals surface area contributed by atoms with E-state index in [-0.39, 0.29) is 6.10 Å². The first-order chi connectivity index (χ1) is 10.2. The predicted molar refractivity (Wildman–Crippen MR) is 84.5 cm³/mol. The third-order valence-corrected chi connectivity index (χ3v) is 3.34. The molecule has 0 amide bonds.